The van der Waals surface area contributed by atoms with E-state index in [0.29, 0.717) is 6.10 Å². The summed E-state index contributed by atoms with van der Waals surface area (Å²) in [6.45, 7) is 0.921. The summed E-state index contributed by atoms with van der Waals surface area (Å²) in [6, 6.07) is 7.08. The van der Waals surface area contributed by atoms with Gasteiger partial charge in [0.2, 0.25) is 0 Å². The standard InChI is InChI=1S/C18H27NO2/c1-20-18-12-14(13-19-15-9-10-15)8-11-17(18)21-16-6-4-2-3-5-7-16/h8,11-12,15-16,19H,2-7,9-10,13H2,1H3. The zero-order valence-corrected chi connectivity index (χ0v) is 13.1. The number of hydrogen-bond acceptors (Lipinski definition) is 3. The van der Waals surface area contributed by atoms with E-state index in [-0.39, 0.29) is 0 Å². The molecule has 2 saturated carbocycles. The number of methoxy groups -OCH3 is 1. The minimum Gasteiger partial charge on any atom is -0.493 e. The second-order valence-electron chi connectivity index (χ2n) is 6.37. The minimum absolute atomic E-state index is 0.358. The Morgan fingerprint density at radius 3 is 2.43 bits per heavy atom. The predicted molar refractivity (Wildman–Crippen MR) is 85.0 cm³/mol. The molecule has 1 N–H and O–H groups in total. The Bertz CT molecular complexity index is 449. The molecule has 3 rings (SSSR count). The first-order valence-electron chi connectivity index (χ1n) is 8.42. The zero-order valence-electron chi connectivity index (χ0n) is 13.1. The van der Waals surface area contributed by atoms with Crippen LogP contribution in [0.1, 0.15) is 56.9 Å². The van der Waals surface area contributed by atoms with Crippen molar-refractivity contribution in [2.45, 2.75) is 70.1 Å². The van der Waals surface area contributed by atoms with Crippen LogP contribution in [0.15, 0.2) is 18.2 Å². The van der Waals surface area contributed by atoms with Gasteiger partial charge in [-0.3, -0.25) is 0 Å². The van der Waals surface area contributed by atoms with E-state index in [9.17, 15) is 0 Å². The normalized spacial score (nSPS) is 20.0. The van der Waals surface area contributed by atoms with Crippen molar-refractivity contribution in [3.63, 3.8) is 0 Å². The predicted octanol–water partition coefficient (Wildman–Crippen LogP) is 4.05. The van der Waals surface area contributed by atoms with Gasteiger partial charge in [0, 0.05) is 12.6 Å². The van der Waals surface area contributed by atoms with Gasteiger partial charge in [-0.25, -0.2) is 0 Å². The highest BCUT2D eigenvalue weighted by Crippen LogP contribution is 2.32. The van der Waals surface area contributed by atoms with E-state index in [0.717, 1.165) is 24.1 Å². The molecule has 0 aliphatic heterocycles. The molecule has 116 valence electrons. The maximum Gasteiger partial charge on any atom is 0.161 e. The summed E-state index contributed by atoms with van der Waals surface area (Å²) >= 11 is 0. The molecule has 1 aromatic rings. The van der Waals surface area contributed by atoms with E-state index < -0.39 is 0 Å². The Morgan fingerprint density at radius 1 is 1.00 bits per heavy atom. The summed E-state index contributed by atoms with van der Waals surface area (Å²) < 4.78 is 11.7. The fourth-order valence-corrected chi connectivity index (χ4v) is 3.01. The summed E-state index contributed by atoms with van der Waals surface area (Å²) in [4.78, 5) is 0. The third-order valence-electron chi connectivity index (χ3n) is 4.50. The third-order valence-corrected chi connectivity index (χ3v) is 4.50. The Kier molecular flexibility index (Phi) is 5.02. The van der Waals surface area contributed by atoms with E-state index in [1.807, 2.05) is 0 Å². The highest BCUT2D eigenvalue weighted by molar-refractivity contribution is 5.43. The smallest absolute Gasteiger partial charge is 0.161 e. The van der Waals surface area contributed by atoms with Crippen LogP contribution in [0, 0.1) is 0 Å². The third kappa shape index (κ3) is 4.37. The van der Waals surface area contributed by atoms with E-state index >= 15 is 0 Å². The summed E-state index contributed by atoms with van der Waals surface area (Å²) in [6.07, 6.45) is 10.6. The van der Waals surface area contributed by atoms with Gasteiger partial charge in [-0.1, -0.05) is 18.9 Å². The molecule has 0 heterocycles. The van der Waals surface area contributed by atoms with Gasteiger partial charge < -0.3 is 14.8 Å². The van der Waals surface area contributed by atoms with Crippen LogP contribution < -0.4 is 14.8 Å². The van der Waals surface area contributed by atoms with Gasteiger partial charge in [-0.2, -0.15) is 0 Å². The first-order chi connectivity index (χ1) is 10.3. The summed E-state index contributed by atoms with van der Waals surface area (Å²) in [5.41, 5.74) is 1.27. The molecular formula is C18H27NO2. The molecule has 21 heavy (non-hydrogen) atoms. The molecule has 0 aromatic heterocycles. The van der Waals surface area contributed by atoms with Gasteiger partial charge in [0.05, 0.1) is 13.2 Å². The van der Waals surface area contributed by atoms with Gasteiger partial charge in [0.1, 0.15) is 0 Å². The van der Waals surface area contributed by atoms with Crippen LogP contribution >= 0.6 is 0 Å². The number of rotatable bonds is 6. The van der Waals surface area contributed by atoms with E-state index in [2.05, 4.69) is 23.5 Å². The molecule has 2 fully saturated rings. The van der Waals surface area contributed by atoms with Crippen LogP contribution in [-0.4, -0.2) is 19.3 Å². The second kappa shape index (κ2) is 7.17. The fourth-order valence-electron chi connectivity index (χ4n) is 3.01. The molecule has 2 aliphatic carbocycles. The molecule has 3 heteroatoms. The SMILES string of the molecule is COc1cc(CNC2CC2)ccc1OC1CCCCCC1. The number of nitrogens with one attached hydrogen (secondary N) is 1. The molecule has 0 unspecified atom stereocenters. The summed E-state index contributed by atoms with van der Waals surface area (Å²) in [5.74, 6) is 1.77. The number of ether oxygens (including phenoxy) is 2. The lowest BCUT2D eigenvalue weighted by Crippen LogP contribution is -2.17. The summed E-state index contributed by atoms with van der Waals surface area (Å²) in [5, 5.41) is 3.54. The van der Waals surface area contributed by atoms with Crippen LogP contribution in [0.5, 0.6) is 11.5 Å². The highest BCUT2D eigenvalue weighted by Gasteiger charge is 2.20. The van der Waals surface area contributed by atoms with Crippen molar-refractivity contribution >= 4 is 0 Å². The molecule has 0 radical (unpaired) electrons. The van der Waals surface area contributed by atoms with Crippen molar-refractivity contribution in [2.24, 2.45) is 0 Å². The number of hydrogen-bond donors (Lipinski definition) is 1. The lowest BCUT2D eigenvalue weighted by molar-refractivity contribution is 0.176. The maximum absolute atomic E-state index is 6.20. The van der Waals surface area contributed by atoms with Crippen molar-refractivity contribution in [1.29, 1.82) is 0 Å². The van der Waals surface area contributed by atoms with Crippen LogP contribution in [0.3, 0.4) is 0 Å². The zero-order chi connectivity index (χ0) is 14.5. The van der Waals surface area contributed by atoms with E-state index in [1.54, 1.807) is 7.11 Å². The molecular weight excluding hydrogens is 262 g/mol. The van der Waals surface area contributed by atoms with Crippen LogP contribution in [0.2, 0.25) is 0 Å². The quantitative estimate of drug-likeness (QED) is 0.801. The average molecular weight is 289 g/mol. The van der Waals surface area contributed by atoms with Gasteiger partial charge in [-0.15, -0.1) is 0 Å². The molecule has 1 aromatic carbocycles. The molecule has 0 bridgehead atoms. The topological polar surface area (TPSA) is 30.5 Å². The number of benzene rings is 1. The minimum atomic E-state index is 0.358. The van der Waals surface area contributed by atoms with E-state index in [1.165, 1.54) is 56.9 Å². The molecule has 0 spiro atoms. The second-order valence-corrected chi connectivity index (χ2v) is 6.37. The highest BCUT2D eigenvalue weighted by atomic mass is 16.5. The molecule has 0 amide bonds. The van der Waals surface area contributed by atoms with Crippen molar-refractivity contribution in [3.05, 3.63) is 23.8 Å². The first-order valence-corrected chi connectivity index (χ1v) is 8.42. The van der Waals surface area contributed by atoms with Gasteiger partial charge >= 0.3 is 0 Å². The Balaban J connectivity index is 1.62. The lowest BCUT2D eigenvalue weighted by Gasteiger charge is -2.19. The monoisotopic (exact) mass is 289 g/mol. The van der Waals surface area contributed by atoms with Crippen molar-refractivity contribution < 1.29 is 9.47 Å². The Morgan fingerprint density at radius 2 is 1.76 bits per heavy atom. The van der Waals surface area contributed by atoms with Gasteiger partial charge in [0.15, 0.2) is 11.5 Å². The molecule has 0 saturated heterocycles. The Labute approximate surface area is 128 Å². The van der Waals surface area contributed by atoms with Crippen LogP contribution in [-0.2, 0) is 6.54 Å². The van der Waals surface area contributed by atoms with Crippen LogP contribution in [0.4, 0.5) is 0 Å². The van der Waals surface area contributed by atoms with E-state index in [4.69, 9.17) is 9.47 Å². The van der Waals surface area contributed by atoms with Crippen molar-refractivity contribution in [2.75, 3.05) is 7.11 Å². The molecule has 0 atom stereocenters. The Hall–Kier alpha value is -1.22. The summed E-state index contributed by atoms with van der Waals surface area (Å²) in [7, 11) is 1.73. The van der Waals surface area contributed by atoms with Crippen molar-refractivity contribution in [3.8, 4) is 11.5 Å². The fraction of sp³-hybridized carbons (Fsp3) is 0.667. The van der Waals surface area contributed by atoms with Crippen LogP contribution in [0.25, 0.3) is 0 Å². The first kappa shape index (κ1) is 14.7. The maximum atomic E-state index is 6.20. The molecule has 2 aliphatic rings. The average Bonchev–Trinajstić information content (AvgIpc) is 3.34. The molecule has 3 nitrogen and oxygen atoms in total. The largest absolute Gasteiger partial charge is 0.493 e. The lowest BCUT2D eigenvalue weighted by atomic mass is 10.1. The van der Waals surface area contributed by atoms with Gasteiger partial charge in [0.25, 0.3) is 0 Å². The van der Waals surface area contributed by atoms with Crippen molar-refractivity contribution in [1.82, 2.24) is 5.32 Å². The van der Waals surface area contributed by atoms with Gasteiger partial charge in [-0.05, 0) is 56.2 Å².